The minimum atomic E-state index is -0.870. The van der Waals surface area contributed by atoms with E-state index in [1.807, 2.05) is 66.8 Å². The second kappa shape index (κ2) is 6.35. The summed E-state index contributed by atoms with van der Waals surface area (Å²) in [5.74, 6) is -0.870. The van der Waals surface area contributed by atoms with Crippen molar-refractivity contribution in [2.45, 2.75) is 6.42 Å². The summed E-state index contributed by atoms with van der Waals surface area (Å²) >= 11 is 0. The Kier molecular flexibility index (Phi) is 3.69. The van der Waals surface area contributed by atoms with Crippen molar-refractivity contribution in [3.05, 3.63) is 70.8 Å². The van der Waals surface area contributed by atoms with Gasteiger partial charge >= 0.3 is 5.97 Å². The Morgan fingerprint density at radius 1 is 0.750 bits per heavy atom. The Morgan fingerprint density at radius 3 is 2.04 bits per heavy atom. The molecule has 0 saturated heterocycles. The SMILES string of the molecule is O=C(O)Cc1cc2cc3ccc(cc4nc(cc5nc(cc1[nH]2)C=C5)C=C4)[nH]3. The molecule has 3 aromatic heterocycles. The lowest BCUT2D eigenvalue weighted by Crippen LogP contribution is -1.98. The zero-order valence-corrected chi connectivity index (χ0v) is 14.8. The van der Waals surface area contributed by atoms with E-state index in [2.05, 4.69) is 19.9 Å². The van der Waals surface area contributed by atoms with Crippen LogP contribution in [0.25, 0.3) is 46.4 Å². The van der Waals surface area contributed by atoms with Gasteiger partial charge in [-0.3, -0.25) is 4.79 Å². The Hall–Kier alpha value is -3.93. The average Bonchev–Trinajstić information content (AvgIpc) is 3.40. The molecule has 3 N–H and O–H groups in total. The van der Waals surface area contributed by atoms with E-state index in [-0.39, 0.29) is 6.42 Å². The van der Waals surface area contributed by atoms with Crippen molar-refractivity contribution in [2.75, 3.05) is 0 Å². The van der Waals surface area contributed by atoms with E-state index < -0.39 is 5.97 Å². The molecule has 6 nitrogen and oxygen atoms in total. The number of hydrogen-bond donors (Lipinski definition) is 3. The van der Waals surface area contributed by atoms with Crippen LogP contribution in [0.4, 0.5) is 0 Å². The molecule has 0 aromatic carbocycles. The number of aromatic nitrogens is 4. The number of nitrogens with zero attached hydrogens (tertiary/aromatic N) is 2. The summed E-state index contributed by atoms with van der Waals surface area (Å²) in [6.07, 6.45) is 7.70. The zero-order chi connectivity index (χ0) is 19.1. The number of aromatic amines is 2. The molecule has 5 rings (SSSR count). The highest BCUT2D eigenvalue weighted by molar-refractivity contribution is 5.81. The van der Waals surface area contributed by atoms with Crippen molar-refractivity contribution in [3.8, 4) is 0 Å². The first kappa shape index (κ1) is 16.3. The van der Waals surface area contributed by atoms with Gasteiger partial charge in [-0.2, -0.15) is 0 Å². The molecule has 0 amide bonds. The Bertz CT molecular complexity index is 1330. The fraction of sp³-hybridized carbons (Fsp3) is 0.0455. The summed E-state index contributed by atoms with van der Waals surface area (Å²) in [6, 6.07) is 13.6. The van der Waals surface area contributed by atoms with E-state index in [1.165, 1.54) is 0 Å². The predicted molar refractivity (Wildman–Crippen MR) is 110 cm³/mol. The third kappa shape index (κ3) is 3.23. The standard InChI is InChI=1S/C22H16N4O2/c27-22(28)8-13-7-20-11-18-4-3-16(24-18)9-14-1-2-15(23-14)10-17-5-6-19(25-17)12-21(13)26-20/h1-7,9-12,24,26H,8H2,(H,27,28). The van der Waals surface area contributed by atoms with Gasteiger partial charge in [0.2, 0.25) is 0 Å². The van der Waals surface area contributed by atoms with Crippen molar-refractivity contribution in [1.82, 2.24) is 19.9 Å². The van der Waals surface area contributed by atoms with Gasteiger partial charge in [0.1, 0.15) is 0 Å². The van der Waals surface area contributed by atoms with Gasteiger partial charge in [0.05, 0.1) is 29.2 Å². The van der Waals surface area contributed by atoms with Crippen LogP contribution in [-0.4, -0.2) is 31.0 Å². The molecule has 2 aliphatic rings. The smallest absolute Gasteiger partial charge is 0.307 e. The van der Waals surface area contributed by atoms with Crippen LogP contribution in [0.1, 0.15) is 28.3 Å². The van der Waals surface area contributed by atoms with Gasteiger partial charge < -0.3 is 15.1 Å². The number of aliphatic carboxylic acids is 1. The second-order valence-electron chi connectivity index (χ2n) is 6.77. The Labute approximate surface area is 159 Å². The zero-order valence-electron chi connectivity index (χ0n) is 14.8. The van der Waals surface area contributed by atoms with Crippen LogP contribution in [0.2, 0.25) is 0 Å². The summed E-state index contributed by atoms with van der Waals surface area (Å²) in [4.78, 5) is 27.1. The molecule has 0 aliphatic carbocycles. The highest BCUT2D eigenvalue weighted by Gasteiger charge is 2.07. The fourth-order valence-electron chi connectivity index (χ4n) is 3.39. The van der Waals surface area contributed by atoms with Crippen molar-refractivity contribution in [3.63, 3.8) is 0 Å². The van der Waals surface area contributed by atoms with Crippen LogP contribution in [-0.2, 0) is 11.2 Å². The number of nitrogens with one attached hydrogen (secondary N) is 2. The third-order valence-corrected chi connectivity index (χ3v) is 4.60. The summed E-state index contributed by atoms with van der Waals surface area (Å²) < 4.78 is 0. The van der Waals surface area contributed by atoms with Crippen molar-refractivity contribution >= 4 is 52.3 Å². The molecular weight excluding hydrogens is 352 g/mol. The number of hydrogen-bond acceptors (Lipinski definition) is 3. The third-order valence-electron chi connectivity index (χ3n) is 4.60. The molecule has 0 unspecified atom stereocenters. The topological polar surface area (TPSA) is 94.7 Å². The van der Waals surface area contributed by atoms with Gasteiger partial charge in [0.15, 0.2) is 0 Å². The number of rotatable bonds is 2. The van der Waals surface area contributed by atoms with Gasteiger partial charge in [-0.05, 0) is 72.3 Å². The summed E-state index contributed by atoms with van der Waals surface area (Å²) in [5.41, 5.74) is 7.44. The van der Waals surface area contributed by atoms with Crippen LogP contribution in [0.3, 0.4) is 0 Å². The minimum Gasteiger partial charge on any atom is -0.481 e. The first-order valence-electron chi connectivity index (χ1n) is 8.90. The predicted octanol–water partition coefficient (Wildman–Crippen LogP) is 4.28. The van der Waals surface area contributed by atoms with E-state index in [4.69, 9.17) is 0 Å². The normalized spacial score (nSPS) is 12.4. The lowest BCUT2D eigenvalue weighted by Gasteiger charge is -1.91. The Balaban J connectivity index is 1.83. The summed E-state index contributed by atoms with van der Waals surface area (Å²) in [6.45, 7) is 0. The first-order chi connectivity index (χ1) is 13.6. The maximum absolute atomic E-state index is 11.3. The van der Waals surface area contributed by atoms with Crippen LogP contribution < -0.4 is 0 Å². The number of carboxylic acid groups (broad SMARTS) is 1. The van der Waals surface area contributed by atoms with Crippen LogP contribution in [0.15, 0.2) is 42.5 Å². The molecule has 28 heavy (non-hydrogen) atoms. The summed E-state index contributed by atoms with van der Waals surface area (Å²) in [7, 11) is 0. The summed E-state index contributed by atoms with van der Waals surface area (Å²) in [5, 5.41) is 9.24. The largest absolute Gasteiger partial charge is 0.481 e. The molecule has 0 spiro atoms. The van der Waals surface area contributed by atoms with Gasteiger partial charge in [-0.25, -0.2) is 9.97 Å². The van der Waals surface area contributed by atoms with Gasteiger partial charge in [0.25, 0.3) is 0 Å². The number of carboxylic acids is 1. The lowest BCUT2D eigenvalue weighted by atomic mass is 10.2. The highest BCUT2D eigenvalue weighted by atomic mass is 16.4. The molecule has 5 heterocycles. The molecule has 0 radical (unpaired) electrons. The van der Waals surface area contributed by atoms with Gasteiger partial charge in [-0.1, -0.05) is 0 Å². The molecule has 0 atom stereocenters. The molecule has 0 saturated carbocycles. The average molecular weight is 368 g/mol. The van der Waals surface area contributed by atoms with Crippen LogP contribution in [0, 0.1) is 0 Å². The minimum absolute atomic E-state index is 0.0560. The van der Waals surface area contributed by atoms with E-state index in [0.29, 0.717) is 0 Å². The molecular formula is C22H16N4O2. The van der Waals surface area contributed by atoms with E-state index in [1.54, 1.807) is 0 Å². The number of carbonyl (C=O) groups is 1. The van der Waals surface area contributed by atoms with Crippen molar-refractivity contribution < 1.29 is 9.90 Å². The lowest BCUT2D eigenvalue weighted by molar-refractivity contribution is -0.136. The Morgan fingerprint density at radius 2 is 1.36 bits per heavy atom. The number of H-pyrrole nitrogens is 2. The fourth-order valence-corrected chi connectivity index (χ4v) is 3.39. The van der Waals surface area contributed by atoms with Crippen molar-refractivity contribution in [2.24, 2.45) is 0 Å². The van der Waals surface area contributed by atoms with Gasteiger partial charge in [0, 0.05) is 22.1 Å². The molecule has 0 fully saturated rings. The monoisotopic (exact) mass is 368 g/mol. The van der Waals surface area contributed by atoms with Gasteiger partial charge in [-0.15, -0.1) is 0 Å². The molecule has 8 bridgehead atoms. The van der Waals surface area contributed by atoms with Crippen LogP contribution >= 0.6 is 0 Å². The maximum Gasteiger partial charge on any atom is 0.307 e. The van der Waals surface area contributed by atoms with E-state index in [9.17, 15) is 9.90 Å². The number of fused-ring (bicyclic) bond motifs is 8. The first-order valence-corrected chi connectivity index (χ1v) is 8.90. The van der Waals surface area contributed by atoms with E-state index in [0.717, 1.165) is 50.4 Å². The highest BCUT2D eigenvalue weighted by Crippen LogP contribution is 2.19. The molecule has 2 aliphatic heterocycles. The second-order valence-corrected chi connectivity index (χ2v) is 6.77. The van der Waals surface area contributed by atoms with Crippen LogP contribution in [0.5, 0.6) is 0 Å². The molecule has 136 valence electrons. The molecule has 6 heteroatoms. The maximum atomic E-state index is 11.3. The molecule has 3 aromatic rings. The van der Waals surface area contributed by atoms with Crippen molar-refractivity contribution in [1.29, 1.82) is 0 Å². The quantitative estimate of drug-likeness (QED) is 0.433. The van der Waals surface area contributed by atoms with E-state index >= 15 is 0 Å².